The largest absolute Gasteiger partial charge is 0.336 e. The van der Waals surface area contributed by atoms with Crippen molar-refractivity contribution in [2.75, 3.05) is 32.7 Å². The fourth-order valence-electron chi connectivity index (χ4n) is 3.52. The third kappa shape index (κ3) is 3.89. The van der Waals surface area contributed by atoms with Crippen LogP contribution in [-0.4, -0.2) is 63.0 Å². The number of carbonyl (C=O) groups excluding carboxylic acids is 1. The highest BCUT2D eigenvalue weighted by Crippen LogP contribution is 2.17. The fraction of sp³-hybridized carbons (Fsp3) is 0.286. The van der Waals surface area contributed by atoms with Crippen molar-refractivity contribution in [2.45, 2.75) is 6.54 Å². The number of aromatic nitrogens is 3. The Bertz CT molecular complexity index is 987. The van der Waals surface area contributed by atoms with Crippen LogP contribution in [0, 0.1) is 0 Å². The van der Waals surface area contributed by atoms with Crippen LogP contribution in [-0.2, 0) is 6.54 Å². The summed E-state index contributed by atoms with van der Waals surface area (Å²) in [4.78, 5) is 35.5. The molecule has 7 heteroatoms. The van der Waals surface area contributed by atoms with Gasteiger partial charge in [-0.25, -0.2) is 4.98 Å². The van der Waals surface area contributed by atoms with Crippen LogP contribution in [0.1, 0.15) is 10.4 Å². The maximum absolute atomic E-state index is 12.5. The van der Waals surface area contributed by atoms with E-state index in [1.54, 1.807) is 17.0 Å². The van der Waals surface area contributed by atoms with Gasteiger partial charge in [-0.15, -0.1) is 0 Å². The highest BCUT2D eigenvalue weighted by Gasteiger charge is 2.23. The highest BCUT2D eigenvalue weighted by molar-refractivity contribution is 5.93. The van der Waals surface area contributed by atoms with Gasteiger partial charge in [-0.1, -0.05) is 30.3 Å². The second kappa shape index (κ2) is 8.22. The second-order valence-corrected chi connectivity index (χ2v) is 6.86. The van der Waals surface area contributed by atoms with Crippen LogP contribution in [0.5, 0.6) is 0 Å². The van der Waals surface area contributed by atoms with E-state index in [4.69, 9.17) is 0 Å². The van der Waals surface area contributed by atoms with Gasteiger partial charge in [-0.3, -0.25) is 14.5 Å². The van der Waals surface area contributed by atoms with Crippen LogP contribution in [0.25, 0.3) is 11.4 Å². The summed E-state index contributed by atoms with van der Waals surface area (Å²) in [6.45, 7) is 4.59. The Labute approximate surface area is 163 Å². The molecule has 0 saturated carbocycles. The van der Waals surface area contributed by atoms with Crippen molar-refractivity contribution in [1.29, 1.82) is 0 Å². The zero-order chi connectivity index (χ0) is 19.3. The zero-order valence-electron chi connectivity index (χ0n) is 15.6. The Balaban J connectivity index is 1.32. The van der Waals surface area contributed by atoms with Crippen molar-refractivity contribution < 1.29 is 4.79 Å². The van der Waals surface area contributed by atoms with Crippen molar-refractivity contribution in [3.05, 3.63) is 77.0 Å². The van der Waals surface area contributed by atoms with Crippen LogP contribution in [0.4, 0.5) is 0 Å². The molecule has 2 aromatic heterocycles. The maximum Gasteiger partial charge on any atom is 0.260 e. The number of rotatable bonds is 5. The predicted octanol–water partition coefficient (Wildman–Crippen LogP) is 1.70. The average molecular weight is 377 g/mol. The Morgan fingerprint density at radius 1 is 1.00 bits per heavy atom. The van der Waals surface area contributed by atoms with E-state index < -0.39 is 0 Å². The summed E-state index contributed by atoms with van der Waals surface area (Å²) in [5.74, 6) is 0.778. The zero-order valence-corrected chi connectivity index (χ0v) is 15.6. The van der Waals surface area contributed by atoms with Crippen LogP contribution >= 0.6 is 0 Å². The van der Waals surface area contributed by atoms with Crippen LogP contribution in [0.3, 0.4) is 0 Å². The summed E-state index contributed by atoms with van der Waals surface area (Å²) in [6, 6.07) is 13.4. The number of nitrogens with zero attached hydrogens (tertiary/aromatic N) is 4. The van der Waals surface area contributed by atoms with Crippen molar-refractivity contribution >= 4 is 5.91 Å². The molecule has 0 atom stereocenters. The quantitative estimate of drug-likeness (QED) is 0.734. The van der Waals surface area contributed by atoms with Gasteiger partial charge in [0.15, 0.2) is 0 Å². The molecule has 0 aliphatic carbocycles. The summed E-state index contributed by atoms with van der Waals surface area (Å²) in [7, 11) is 0. The Kier molecular flexibility index (Phi) is 5.34. The van der Waals surface area contributed by atoms with Gasteiger partial charge in [0.05, 0.1) is 0 Å². The molecule has 0 radical (unpaired) electrons. The first-order chi connectivity index (χ1) is 13.7. The van der Waals surface area contributed by atoms with Crippen molar-refractivity contribution in [1.82, 2.24) is 24.3 Å². The summed E-state index contributed by atoms with van der Waals surface area (Å²) in [6.07, 6.45) is 5.37. The fourth-order valence-corrected chi connectivity index (χ4v) is 3.52. The van der Waals surface area contributed by atoms with Gasteiger partial charge in [0.1, 0.15) is 11.4 Å². The number of benzene rings is 1. The second-order valence-electron chi connectivity index (χ2n) is 6.86. The van der Waals surface area contributed by atoms with E-state index in [1.165, 1.54) is 6.20 Å². The lowest BCUT2D eigenvalue weighted by atomic mass is 10.2. The third-order valence-electron chi connectivity index (χ3n) is 5.11. The Hall–Kier alpha value is -3.19. The molecule has 1 aliphatic heterocycles. The number of amides is 1. The van der Waals surface area contributed by atoms with Gasteiger partial charge < -0.3 is 14.5 Å². The lowest BCUT2D eigenvalue weighted by molar-refractivity contribution is 0.0631. The van der Waals surface area contributed by atoms with Gasteiger partial charge in [0.2, 0.25) is 0 Å². The Morgan fingerprint density at radius 2 is 1.79 bits per heavy atom. The molecule has 1 N–H and O–H groups in total. The molecule has 1 amide bonds. The normalized spacial score (nSPS) is 14.9. The lowest BCUT2D eigenvalue weighted by Gasteiger charge is -2.34. The molecule has 1 fully saturated rings. The molecule has 7 nitrogen and oxygen atoms in total. The standard InChI is InChI=1S/C21H23N5O2/c27-20-18(7-4-8-23-20)21(28)26-15-12-24(13-16-26)11-14-25-10-9-22-19(25)17-5-2-1-3-6-17/h1-10H,11-16H2,(H,23,27). The molecule has 0 bridgehead atoms. The molecule has 1 aliphatic rings. The molecule has 4 rings (SSSR count). The monoisotopic (exact) mass is 377 g/mol. The first-order valence-corrected chi connectivity index (χ1v) is 9.48. The van der Waals surface area contributed by atoms with Gasteiger partial charge in [-0.05, 0) is 12.1 Å². The minimum atomic E-state index is -0.330. The van der Waals surface area contributed by atoms with Crippen LogP contribution < -0.4 is 5.56 Å². The van der Waals surface area contributed by atoms with Gasteiger partial charge in [0, 0.05) is 63.4 Å². The minimum absolute atomic E-state index is 0.192. The van der Waals surface area contributed by atoms with Gasteiger partial charge in [-0.2, -0.15) is 0 Å². The van der Waals surface area contributed by atoms with Crippen molar-refractivity contribution in [2.24, 2.45) is 0 Å². The first-order valence-electron chi connectivity index (χ1n) is 9.48. The molecule has 3 heterocycles. The number of aromatic amines is 1. The first kappa shape index (κ1) is 18.2. The van der Waals surface area contributed by atoms with E-state index >= 15 is 0 Å². The molecule has 1 saturated heterocycles. The highest BCUT2D eigenvalue weighted by atomic mass is 16.2. The summed E-state index contributed by atoms with van der Waals surface area (Å²) in [5.41, 5.74) is 0.987. The number of nitrogens with one attached hydrogen (secondary N) is 1. The van der Waals surface area contributed by atoms with E-state index in [0.717, 1.165) is 37.6 Å². The number of hydrogen-bond donors (Lipinski definition) is 1. The Morgan fingerprint density at radius 3 is 2.54 bits per heavy atom. The number of H-pyrrole nitrogens is 1. The molecular formula is C21H23N5O2. The third-order valence-corrected chi connectivity index (χ3v) is 5.11. The number of piperazine rings is 1. The van der Waals surface area contributed by atoms with E-state index in [2.05, 4.69) is 31.6 Å². The SMILES string of the molecule is O=C(c1ccc[nH]c1=O)N1CCN(CCn2ccnc2-c2ccccc2)CC1. The number of imidazole rings is 1. The summed E-state index contributed by atoms with van der Waals surface area (Å²) in [5, 5.41) is 0. The molecule has 1 aromatic carbocycles. The van der Waals surface area contributed by atoms with Crippen molar-refractivity contribution in [3.8, 4) is 11.4 Å². The number of hydrogen-bond acceptors (Lipinski definition) is 4. The maximum atomic E-state index is 12.5. The molecule has 144 valence electrons. The molecule has 3 aromatic rings. The van der Waals surface area contributed by atoms with E-state index in [9.17, 15) is 9.59 Å². The smallest absolute Gasteiger partial charge is 0.260 e. The summed E-state index contributed by atoms with van der Waals surface area (Å²) < 4.78 is 2.16. The minimum Gasteiger partial charge on any atom is -0.336 e. The average Bonchev–Trinajstić information content (AvgIpc) is 3.22. The van der Waals surface area contributed by atoms with Crippen molar-refractivity contribution in [3.63, 3.8) is 0 Å². The van der Waals surface area contributed by atoms with Gasteiger partial charge in [0.25, 0.3) is 11.5 Å². The van der Waals surface area contributed by atoms with E-state index in [0.29, 0.717) is 13.1 Å². The van der Waals surface area contributed by atoms with E-state index in [-0.39, 0.29) is 17.0 Å². The van der Waals surface area contributed by atoms with Crippen LogP contribution in [0.2, 0.25) is 0 Å². The predicted molar refractivity (Wildman–Crippen MR) is 107 cm³/mol. The number of pyridine rings is 1. The molecular weight excluding hydrogens is 354 g/mol. The van der Waals surface area contributed by atoms with E-state index in [1.807, 2.05) is 30.6 Å². The summed E-state index contributed by atoms with van der Waals surface area (Å²) >= 11 is 0. The molecule has 0 spiro atoms. The van der Waals surface area contributed by atoms with Crippen LogP contribution in [0.15, 0.2) is 65.8 Å². The molecule has 0 unspecified atom stereocenters. The lowest BCUT2D eigenvalue weighted by Crippen LogP contribution is -2.50. The topological polar surface area (TPSA) is 74.2 Å². The molecule has 28 heavy (non-hydrogen) atoms. The van der Waals surface area contributed by atoms with Gasteiger partial charge >= 0.3 is 0 Å². The number of carbonyl (C=O) groups is 1.